The summed E-state index contributed by atoms with van der Waals surface area (Å²) in [5, 5.41) is 0. The van der Waals surface area contributed by atoms with Gasteiger partial charge in [-0.15, -0.1) is 0 Å². The van der Waals surface area contributed by atoms with E-state index in [1.54, 1.807) is 0 Å². The molecule has 84 valence electrons. The maximum absolute atomic E-state index is 11.1. The summed E-state index contributed by atoms with van der Waals surface area (Å²) in [6, 6.07) is 0.270. The Balaban J connectivity index is 2.26. The molecule has 2 unspecified atom stereocenters. The number of nitrogens with two attached hydrogens (primary N) is 1. The fraction of sp³-hybridized carbons (Fsp3) is 1.00. The van der Waals surface area contributed by atoms with Crippen LogP contribution in [0.3, 0.4) is 0 Å². The van der Waals surface area contributed by atoms with Crippen LogP contribution in [0, 0.1) is 5.92 Å². The fourth-order valence-electron chi connectivity index (χ4n) is 1.64. The number of nitrogens with zero attached hydrogens (tertiary/aromatic N) is 1. The Morgan fingerprint density at radius 1 is 1.43 bits per heavy atom. The highest BCUT2D eigenvalue weighted by atomic mass is 32.2. The quantitative estimate of drug-likeness (QED) is 0.744. The number of hydrogen-bond acceptors (Lipinski definition) is 3. The Morgan fingerprint density at radius 3 is 2.50 bits per heavy atom. The molecule has 0 aromatic heterocycles. The van der Waals surface area contributed by atoms with E-state index in [9.17, 15) is 4.21 Å². The smallest absolute Gasteiger partial charge is 0.0363 e. The molecule has 14 heavy (non-hydrogen) atoms. The van der Waals surface area contributed by atoms with Crippen LogP contribution in [0.1, 0.15) is 20.3 Å². The van der Waals surface area contributed by atoms with Gasteiger partial charge in [0.25, 0.3) is 0 Å². The standard InChI is InChI=1S/C10H22N2OS/c1-3-9(2)10(11)8-12-4-6-14(13)7-5-12/h9-10H,3-8,11H2,1-2H3. The van der Waals surface area contributed by atoms with Gasteiger partial charge in [0.05, 0.1) is 0 Å². The minimum absolute atomic E-state index is 0.270. The van der Waals surface area contributed by atoms with Crippen LogP contribution in [0.5, 0.6) is 0 Å². The molecule has 1 fully saturated rings. The zero-order valence-corrected chi connectivity index (χ0v) is 10.1. The average Bonchev–Trinajstić information content (AvgIpc) is 2.20. The van der Waals surface area contributed by atoms with Crippen molar-refractivity contribution < 1.29 is 4.21 Å². The lowest BCUT2D eigenvalue weighted by Gasteiger charge is -2.30. The van der Waals surface area contributed by atoms with Crippen molar-refractivity contribution in [3.63, 3.8) is 0 Å². The Morgan fingerprint density at radius 2 is 2.00 bits per heavy atom. The van der Waals surface area contributed by atoms with E-state index < -0.39 is 10.8 Å². The molecule has 3 nitrogen and oxygen atoms in total. The predicted molar refractivity (Wildman–Crippen MR) is 61.7 cm³/mol. The molecule has 2 N–H and O–H groups in total. The van der Waals surface area contributed by atoms with Gasteiger partial charge in [-0.25, -0.2) is 0 Å². The predicted octanol–water partition coefficient (Wildman–Crippen LogP) is 0.424. The van der Waals surface area contributed by atoms with Crippen molar-refractivity contribution in [2.45, 2.75) is 26.3 Å². The maximum atomic E-state index is 11.1. The van der Waals surface area contributed by atoms with Gasteiger partial charge in [-0.05, 0) is 5.92 Å². The van der Waals surface area contributed by atoms with Crippen molar-refractivity contribution in [2.24, 2.45) is 11.7 Å². The molecule has 1 saturated heterocycles. The van der Waals surface area contributed by atoms with Crippen molar-refractivity contribution >= 4 is 10.8 Å². The van der Waals surface area contributed by atoms with Crippen LogP contribution >= 0.6 is 0 Å². The molecular weight excluding hydrogens is 196 g/mol. The molecule has 1 rings (SSSR count). The Labute approximate surface area is 89.5 Å². The molecule has 0 bridgehead atoms. The first-order valence-corrected chi connectivity index (χ1v) is 6.95. The summed E-state index contributed by atoms with van der Waals surface area (Å²) in [4.78, 5) is 2.35. The van der Waals surface area contributed by atoms with Crippen molar-refractivity contribution in [2.75, 3.05) is 31.1 Å². The van der Waals surface area contributed by atoms with Gasteiger partial charge in [0.15, 0.2) is 0 Å². The third-order valence-electron chi connectivity index (χ3n) is 3.11. The first-order valence-electron chi connectivity index (χ1n) is 5.46. The highest BCUT2D eigenvalue weighted by Gasteiger charge is 2.19. The van der Waals surface area contributed by atoms with Gasteiger partial charge in [0.2, 0.25) is 0 Å². The summed E-state index contributed by atoms with van der Waals surface area (Å²) in [5.41, 5.74) is 6.08. The van der Waals surface area contributed by atoms with E-state index in [0.717, 1.165) is 37.6 Å². The summed E-state index contributed by atoms with van der Waals surface area (Å²) < 4.78 is 11.1. The summed E-state index contributed by atoms with van der Waals surface area (Å²) in [6.45, 7) is 7.25. The van der Waals surface area contributed by atoms with Crippen LogP contribution in [0.15, 0.2) is 0 Å². The topological polar surface area (TPSA) is 46.3 Å². The molecule has 0 spiro atoms. The molecule has 2 atom stereocenters. The van der Waals surface area contributed by atoms with Crippen LogP contribution in [-0.2, 0) is 10.8 Å². The van der Waals surface area contributed by atoms with E-state index in [1.807, 2.05) is 0 Å². The molecule has 0 aliphatic carbocycles. The van der Waals surface area contributed by atoms with E-state index >= 15 is 0 Å². The third kappa shape index (κ3) is 3.67. The van der Waals surface area contributed by atoms with E-state index in [2.05, 4.69) is 18.7 Å². The van der Waals surface area contributed by atoms with Crippen LogP contribution in [-0.4, -0.2) is 46.3 Å². The SMILES string of the molecule is CCC(C)C(N)CN1CCS(=O)CC1. The monoisotopic (exact) mass is 218 g/mol. The first kappa shape index (κ1) is 12.1. The summed E-state index contributed by atoms with van der Waals surface area (Å²) in [7, 11) is -0.571. The van der Waals surface area contributed by atoms with Gasteiger partial charge in [-0.1, -0.05) is 20.3 Å². The molecular formula is C10H22N2OS. The fourth-order valence-corrected chi connectivity index (χ4v) is 2.77. The van der Waals surface area contributed by atoms with Crippen LogP contribution in [0.4, 0.5) is 0 Å². The van der Waals surface area contributed by atoms with Crippen LogP contribution in [0.25, 0.3) is 0 Å². The van der Waals surface area contributed by atoms with Crippen LogP contribution < -0.4 is 5.73 Å². The summed E-state index contributed by atoms with van der Waals surface area (Å²) in [6.07, 6.45) is 1.14. The second-order valence-electron chi connectivity index (χ2n) is 4.20. The second kappa shape index (κ2) is 5.83. The molecule has 4 heteroatoms. The molecule has 1 heterocycles. The average molecular weight is 218 g/mol. The molecule has 0 aromatic rings. The van der Waals surface area contributed by atoms with Crippen molar-refractivity contribution in [3.05, 3.63) is 0 Å². The highest BCUT2D eigenvalue weighted by molar-refractivity contribution is 7.85. The van der Waals surface area contributed by atoms with Gasteiger partial charge in [-0.3, -0.25) is 9.11 Å². The molecule has 0 radical (unpaired) electrons. The zero-order chi connectivity index (χ0) is 10.6. The minimum atomic E-state index is -0.571. The molecule has 0 amide bonds. The van der Waals surface area contributed by atoms with Gasteiger partial charge in [0.1, 0.15) is 0 Å². The largest absolute Gasteiger partial charge is 0.326 e. The minimum Gasteiger partial charge on any atom is -0.326 e. The normalized spacial score (nSPS) is 24.8. The third-order valence-corrected chi connectivity index (χ3v) is 4.39. The maximum Gasteiger partial charge on any atom is 0.0363 e. The Hall–Kier alpha value is 0.0700. The van der Waals surface area contributed by atoms with E-state index in [4.69, 9.17) is 5.73 Å². The Kier molecular flexibility index (Phi) is 5.06. The Bertz CT molecular complexity index is 189. The van der Waals surface area contributed by atoms with Crippen molar-refractivity contribution in [1.29, 1.82) is 0 Å². The van der Waals surface area contributed by atoms with E-state index in [1.165, 1.54) is 0 Å². The van der Waals surface area contributed by atoms with E-state index in [-0.39, 0.29) is 6.04 Å². The molecule has 1 aliphatic heterocycles. The lowest BCUT2D eigenvalue weighted by Crippen LogP contribution is -2.46. The molecule has 0 aromatic carbocycles. The molecule has 0 saturated carbocycles. The second-order valence-corrected chi connectivity index (χ2v) is 5.89. The van der Waals surface area contributed by atoms with Crippen molar-refractivity contribution in [3.8, 4) is 0 Å². The highest BCUT2D eigenvalue weighted by Crippen LogP contribution is 2.08. The van der Waals surface area contributed by atoms with Gasteiger partial charge >= 0.3 is 0 Å². The summed E-state index contributed by atoms with van der Waals surface area (Å²) >= 11 is 0. The number of rotatable bonds is 4. The van der Waals surface area contributed by atoms with Gasteiger partial charge < -0.3 is 5.73 Å². The van der Waals surface area contributed by atoms with Crippen LogP contribution in [0.2, 0.25) is 0 Å². The lowest BCUT2D eigenvalue weighted by atomic mass is 10.00. The summed E-state index contributed by atoms with van der Waals surface area (Å²) in [5.74, 6) is 2.24. The van der Waals surface area contributed by atoms with Gasteiger partial charge in [0, 0.05) is 48.0 Å². The number of hydrogen-bond donors (Lipinski definition) is 1. The first-order chi connectivity index (χ1) is 6.63. The molecule has 1 aliphatic rings. The lowest BCUT2D eigenvalue weighted by molar-refractivity contribution is 0.250. The van der Waals surface area contributed by atoms with Crippen molar-refractivity contribution in [1.82, 2.24) is 4.90 Å². The van der Waals surface area contributed by atoms with Gasteiger partial charge in [-0.2, -0.15) is 0 Å². The zero-order valence-electron chi connectivity index (χ0n) is 9.24. The van der Waals surface area contributed by atoms with E-state index in [0.29, 0.717) is 5.92 Å².